The van der Waals surface area contributed by atoms with Crippen LogP contribution in [0.25, 0.3) is 12.2 Å². The number of ether oxygens (including phenoxy) is 2. The fourth-order valence-corrected chi connectivity index (χ4v) is 6.26. The standard InChI is InChI=1S/C42H44N4O6/c1-41(2,3)51-39(49)45-33-13-9-7-11-29(33)25-35(45)37(47)43-31-21-17-27(18-22-31)15-16-28-19-23-32(24-20-28)44-38(48)36-26-30-12-8-10-14-34(30)46(36)40(50)52-42(4,5)6/h7-24,35-36H,25-26H2,1-6H3,(H,43,47)(H,44,48)/t35-,36-/m0/s1. The number of amides is 4. The number of nitrogens with zero attached hydrogens (tertiary/aromatic N) is 2. The highest BCUT2D eigenvalue weighted by Crippen LogP contribution is 2.35. The maximum atomic E-state index is 13.5. The van der Waals surface area contributed by atoms with E-state index in [9.17, 15) is 19.2 Å². The predicted octanol–water partition coefficient (Wildman–Crippen LogP) is 8.47. The number of carbonyl (C=O) groups is 4. The summed E-state index contributed by atoms with van der Waals surface area (Å²) in [7, 11) is 0. The molecule has 4 aromatic rings. The molecule has 0 saturated carbocycles. The molecule has 0 saturated heterocycles. The summed E-state index contributed by atoms with van der Waals surface area (Å²) in [6.45, 7) is 10.8. The molecule has 10 nitrogen and oxygen atoms in total. The van der Waals surface area contributed by atoms with Crippen LogP contribution in [0.3, 0.4) is 0 Å². The number of anilines is 4. The molecule has 2 N–H and O–H groups in total. The van der Waals surface area contributed by atoms with Gasteiger partial charge in [-0.25, -0.2) is 9.59 Å². The van der Waals surface area contributed by atoms with Crippen molar-refractivity contribution in [2.75, 3.05) is 20.4 Å². The van der Waals surface area contributed by atoms with Crippen molar-refractivity contribution in [3.8, 4) is 0 Å². The van der Waals surface area contributed by atoms with E-state index in [1.54, 1.807) is 41.5 Å². The van der Waals surface area contributed by atoms with Gasteiger partial charge in [-0.05, 0) is 100 Å². The molecule has 4 amide bonds. The van der Waals surface area contributed by atoms with E-state index in [-0.39, 0.29) is 11.8 Å². The van der Waals surface area contributed by atoms with Crippen LogP contribution in [0, 0.1) is 0 Å². The fourth-order valence-electron chi connectivity index (χ4n) is 6.26. The summed E-state index contributed by atoms with van der Waals surface area (Å²) in [5.74, 6) is -0.597. The number of hydrogen-bond acceptors (Lipinski definition) is 6. The van der Waals surface area contributed by atoms with Crippen LogP contribution in [0.5, 0.6) is 0 Å². The van der Waals surface area contributed by atoms with Crippen LogP contribution < -0.4 is 20.4 Å². The monoisotopic (exact) mass is 700 g/mol. The second-order valence-corrected chi connectivity index (χ2v) is 15.0. The van der Waals surface area contributed by atoms with Crippen LogP contribution >= 0.6 is 0 Å². The van der Waals surface area contributed by atoms with Gasteiger partial charge < -0.3 is 20.1 Å². The number of carbonyl (C=O) groups excluding carboxylic acids is 4. The van der Waals surface area contributed by atoms with Gasteiger partial charge in [-0.2, -0.15) is 0 Å². The van der Waals surface area contributed by atoms with Gasteiger partial charge in [-0.3, -0.25) is 19.4 Å². The highest BCUT2D eigenvalue weighted by atomic mass is 16.6. The molecule has 0 aromatic heterocycles. The average Bonchev–Trinajstić information content (AvgIpc) is 3.67. The molecule has 0 aliphatic carbocycles. The highest BCUT2D eigenvalue weighted by Gasteiger charge is 2.41. The molecule has 0 radical (unpaired) electrons. The third kappa shape index (κ3) is 8.34. The third-order valence-electron chi connectivity index (χ3n) is 8.56. The summed E-state index contributed by atoms with van der Waals surface area (Å²) in [5, 5.41) is 5.92. The minimum Gasteiger partial charge on any atom is -0.443 e. The molecule has 2 heterocycles. The van der Waals surface area contributed by atoms with Crippen molar-refractivity contribution in [2.24, 2.45) is 0 Å². The summed E-state index contributed by atoms with van der Waals surface area (Å²) in [6.07, 6.45) is 3.57. The normalized spacial score (nSPS) is 16.7. The van der Waals surface area contributed by atoms with Gasteiger partial charge >= 0.3 is 12.2 Å². The van der Waals surface area contributed by atoms with Crippen LogP contribution in [-0.2, 0) is 31.9 Å². The lowest BCUT2D eigenvalue weighted by Crippen LogP contribution is -2.47. The molecular formula is C42H44N4O6. The van der Waals surface area contributed by atoms with E-state index < -0.39 is 35.5 Å². The number of rotatable bonds is 6. The van der Waals surface area contributed by atoms with Gasteiger partial charge in [0, 0.05) is 24.2 Å². The molecule has 268 valence electrons. The molecule has 6 rings (SSSR count). The summed E-state index contributed by atoms with van der Waals surface area (Å²) in [5.41, 5.74) is 4.83. The zero-order chi connectivity index (χ0) is 37.2. The fraction of sp³-hybridized carbons (Fsp3) is 0.286. The molecule has 0 unspecified atom stereocenters. The maximum absolute atomic E-state index is 13.5. The number of benzene rings is 4. The van der Waals surface area contributed by atoms with E-state index in [0.29, 0.717) is 35.6 Å². The topological polar surface area (TPSA) is 117 Å². The average molecular weight is 701 g/mol. The molecular weight excluding hydrogens is 656 g/mol. The van der Waals surface area contributed by atoms with Crippen molar-refractivity contribution in [1.82, 2.24) is 0 Å². The summed E-state index contributed by atoms with van der Waals surface area (Å²) in [4.78, 5) is 56.1. The molecule has 52 heavy (non-hydrogen) atoms. The Kier molecular flexibility index (Phi) is 9.93. The van der Waals surface area contributed by atoms with Gasteiger partial charge in [-0.15, -0.1) is 0 Å². The van der Waals surface area contributed by atoms with Crippen molar-refractivity contribution < 1.29 is 28.7 Å². The smallest absolute Gasteiger partial charge is 0.415 e. The highest BCUT2D eigenvalue weighted by molar-refractivity contribution is 6.06. The Hall–Kier alpha value is -5.90. The summed E-state index contributed by atoms with van der Waals surface area (Å²) >= 11 is 0. The van der Waals surface area contributed by atoms with Gasteiger partial charge in [0.25, 0.3) is 0 Å². The Morgan fingerprint density at radius 3 is 1.25 bits per heavy atom. The second-order valence-electron chi connectivity index (χ2n) is 15.0. The van der Waals surface area contributed by atoms with Crippen LogP contribution in [-0.4, -0.2) is 47.3 Å². The van der Waals surface area contributed by atoms with Crippen molar-refractivity contribution in [1.29, 1.82) is 0 Å². The number of hydrogen-bond donors (Lipinski definition) is 2. The first-order valence-electron chi connectivity index (χ1n) is 17.4. The minimum absolute atomic E-state index is 0.299. The SMILES string of the molecule is CC(C)(C)OC(=O)N1c2ccccc2C[C@H]1C(=O)Nc1ccc(C=Cc2ccc(NC(=O)[C@@H]3Cc4ccccc4N3C(=O)OC(C)(C)C)cc2)cc1. The van der Waals surface area contributed by atoms with Crippen LogP contribution in [0.4, 0.5) is 32.3 Å². The van der Waals surface area contributed by atoms with Crippen LogP contribution in [0.1, 0.15) is 63.8 Å². The second kappa shape index (κ2) is 14.4. The Balaban J connectivity index is 1.06. The molecule has 0 spiro atoms. The lowest BCUT2D eigenvalue weighted by atomic mass is 10.1. The number of para-hydroxylation sites is 2. The van der Waals surface area contributed by atoms with E-state index in [1.807, 2.05) is 109 Å². The van der Waals surface area contributed by atoms with Crippen molar-refractivity contribution in [2.45, 2.75) is 77.7 Å². The largest absolute Gasteiger partial charge is 0.443 e. The number of fused-ring (bicyclic) bond motifs is 2. The zero-order valence-electron chi connectivity index (χ0n) is 30.3. The van der Waals surface area contributed by atoms with Crippen molar-refractivity contribution >= 4 is 58.9 Å². The van der Waals surface area contributed by atoms with Gasteiger partial charge in [0.05, 0.1) is 11.4 Å². The minimum atomic E-state index is -0.738. The van der Waals surface area contributed by atoms with Crippen LogP contribution in [0.2, 0.25) is 0 Å². The Labute approximate surface area is 304 Å². The quantitative estimate of drug-likeness (QED) is 0.195. The summed E-state index contributed by atoms with van der Waals surface area (Å²) in [6, 6.07) is 28.3. The Bertz CT molecular complexity index is 1860. The van der Waals surface area contributed by atoms with Gasteiger partial charge in [0.2, 0.25) is 11.8 Å². The van der Waals surface area contributed by atoms with Crippen molar-refractivity contribution in [3.05, 3.63) is 119 Å². The Morgan fingerprint density at radius 2 is 0.904 bits per heavy atom. The molecule has 0 fully saturated rings. The van der Waals surface area contributed by atoms with E-state index in [0.717, 1.165) is 22.3 Å². The molecule has 2 aliphatic rings. The molecule has 2 atom stereocenters. The lowest BCUT2D eigenvalue weighted by Gasteiger charge is -2.28. The predicted molar refractivity (Wildman–Crippen MR) is 204 cm³/mol. The first-order chi connectivity index (χ1) is 24.6. The third-order valence-corrected chi connectivity index (χ3v) is 8.56. The van der Waals surface area contributed by atoms with E-state index in [1.165, 1.54) is 9.80 Å². The molecule has 2 aliphatic heterocycles. The first-order valence-corrected chi connectivity index (χ1v) is 17.4. The van der Waals surface area contributed by atoms with Gasteiger partial charge in [0.1, 0.15) is 23.3 Å². The maximum Gasteiger partial charge on any atom is 0.415 e. The van der Waals surface area contributed by atoms with Gasteiger partial charge in [-0.1, -0.05) is 72.8 Å². The molecule has 4 aromatic carbocycles. The van der Waals surface area contributed by atoms with Crippen molar-refractivity contribution in [3.63, 3.8) is 0 Å². The summed E-state index contributed by atoms with van der Waals surface area (Å²) < 4.78 is 11.3. The van der Waals surface area contributed by atoms with Gasteiger partial charge in [0.15, 0.2) is 0 Å². The van der Waals surface area contributed by atoms with E-state index in [2.05, 4.69) is 10.6 Å². The number of nitrogens with one attached hydrogen (secondary N) is 2. The first kappa shape index (κ1) is 35.9. The molecule has 10 heteroatoms. The van der Waals surface area contributed by atoms with E-state index in [4.69, 9.17) is 9.47 Å². The van der Waals surface area contributed by atoms with Crippen LogP contribution in [0.15, 0.2) is 97.1 Å². The van der Waals surface area contributed by atoms with E-state index >= 15 is 0 Å². The lowest BCUT2D eigenvalue weighted by molar-refractivity contribution is -0.118. The molecule has 0 bridgehead atoms. The zero-order valence-corrected chi connectivity index (χ0v) is 30.3. The Morgan fingerprint density at radius 1 is 0.558 bits per heavy atom.